The maximum atomic E-state index is 11.2. The van der Waals surface area contributed by atoms with Crippen molar-refractivity contribution in [1.82, 2.24) is 0 Å². The number of anilines is 1. The molecule has 0 radical (unpaired) electrons. The van der Waals surface area contributed by atoms with Crippen molar-refractivity contribution in [3.05, 3.63) is 29.3 Å². The lowest BCUT2D eigenvalue weighted by Gasteiger charge is -2.39. The molecule has 0 saturated heterocycles. The summed E-state index contributed by atoms with van der Waals surface area (Å²) in [6.07, 6.45) is 4.21. The molecule has 1 aliphatic carbocycles. The Morgan fingerprint density at radius 2 is 2.20 bits per heavy atom. The standard InChI is InChI=1S/C15H20ClNO3/c1-20-14-8-3-2-7-13(14)17(10-15(18)19)12-6-4-5-11(16)9-12/h4-6,9,13-14H,2-3,7-8,10H2,1H3,(H,18,19). The molecular formula is C15H20ClNO3. The zero-order chi connectivity index (χ0) is 14.5. The summed E-state index contributed by atoms with van der Waals surface area (Å²) in [5.41, 5.74) is 0.842. The number of carboxylic acid groups (broad SMARTS) is 1. The molecule has 0 aliphatic heterocycles. The van der Waals surface area contributed by atoms with Gasteiger partial charge in [-0.1, -0.05) is 30.5 Å². The number of ether oxygens (including phenoxy) is 1. The van der Waals surface area contributed by atoms with Crippen LogP contribution in [0.25, 0.3) is 0 Å². The number of carbonyl (C=O) groups is 1. The van der Waals surface area contributed by atoms with Gasteiger partial charge in [0, 0.05) is 17.8 Å². The molecule has 2 rings (SSSR count). The second-order valence-corrected chi connectivity index (χ2v) is 5.56. The molecule has 0 amide bonds. The van der Waals surface area contributed by atoms with Crippen molar-refractivity contribution in [2.45, 2.75) is 37.8 Å². The third kappa shape index (κ3) is 3.64. The summed E-state index contributed by atoms with van der Waals surface area (Å²) in [4.78, 5) is 13.1. The number of aliphatic carboxylic acids is 1. The zero-order valence-electron chi connectivity index (χ0n) is 11.6. The van der Waals surface area contributed by atoms with Gasteiger partial charge in [-0.25, -0.2) is 0 Å². The zero-order valence-corrected chi connectivity index (χ0v) is 12.3. The number of hydrogen-bond donors (Lipinski definition) is 1. The maximum Gasteiger partial charge on any atom is 0.323 e. The Hall–Kier alpha value is -1.26. The monoisotopic (exact) mass is 297 g/mol. The second kappa shape index (κ2) is 6.95. The van der Waals surface area contributed by atoms with Crippen molar-refractivity contribution >= 4 is 23.3 Å². The van der Waals surface area contributed by atoms with Gasteiger partial charge in [0.2, 0.25) is 0 Å². The molecule has 2 atom stereocenters. The molecule has 5 heteroatoms. The Kier molecular flexibility index (Phi) is 5.26. The van der Waals surface area contributed by atoms with Crippen LogP contribution in [0.1, 0.15) is 25.7 Å². The highest BCUT2D eigenvalue weighted by molar-refractivity contribution is 6.30. The summed E-state index contributed by atoms with van der Waals surface area (Å²) in [5.74, 6) is -0.842. The average Bonchev–Trinajstić information content (AvgIpc) is 2.44. The van der Waals surface area contributed by atoms with Crippen molar-refractivity contribution in [3.63, 3.8) is 0 Å². The van der Waals surface area contributed by atoms with Crippen molar-refractivity contribution < 1.29 is 14.6 Å². The normalized spacial score (nSPS) is 22.5. The fourth-order valence-electron chi connectivity index (χ4n) is 2.91. The molecule has 1 saturated carbocycles. The lowest BCUT2D eigenvalue weighted by molar-refractivity contribution is -0.135. The minimum Gasteiger partial charge on any atom is -0.480 e. The molecule has 2 unspecified atom stereocenters. The van der Waals surface area contributed by atoms with E-state index in [4.69, 9.17) is 16.3 Å². The van der Waals surface area contributed by atoms with E-state index in [1.54, 1.807) is 13.2 Å². The van der Waals surface area contributed by atoms with Gasteiger partial charge in [-0.3, -0.25) is 4.79 Å². The average molecular weight is 298 g/mol. The quantitative estimate of drug-likeness (QED) is 0.907. The molecule has 20 heavy (non-hydrogen) atoms. The molecule has 1 fully saturated rings. The van der Waals surface area contributed by atoms with Crippen molar-refractivity contribution in [3.8, 4) is 0 Å². The van der Waals surface area contributed by atoms with Crippen LogP contribution in [0.4, 0.5) is 5.69 Å². The first kappa shape index (κ1) is 15.1. The van der Waals surface area contributed by atoms with E-state index in [0.29, 0.717) is 5.02 Å². The number of nitrogens with zero attached hydrogens (tertiary/aromatic N) is 1. The van der Waals surface area contributed by atoms with Crippen molar-refractivity contribution in [1.29, 1.82) is 0 Å². The van der Waals surface area contributed by atoms with Crippen molar-refractivity contribution in [2.75, 3.05) is 18.6 Å². The number of rotatable bonds is 5. The van der Waals surface area contributed by atoms with Gasteiger partial charge < -0.3 is 14.7 Å². The number of carboxylic acids is 1. The predicted octanol–water partition coefficient (Wildman–Crippen LogP) is 3.19. The molecule has 0 heterocycles. The number of methoxy groups -OCH3 is 1. The fourth-order valence-corrected chi connectivity index (χ4v) is 3.09. The summed E-state index contributed by atoms with van der Waals surface area (Å²) in [6, 6.07) is 7.43. The predicted molar refractivity (Wildman–Crippen MR) is 79.5 cm³/mol. The van der Waals surface area contributed by atoms with E-state index in [-0.39, 0.29) is 18.7 Å². The number of halogens is 1. The molecule has 1 aromatic carbocycles. The first-order valence-corrected chi connectivity index (χ1v) is 7.26. The van der Waals surface area contributed by atoms with Gasteiger partial charge in [-0.2, -0.15) is 0 Å². The minimum atomic E-state index is -0.842. The highest BCUT2D eigenvalue weighted by Gasteiger charge is 2.31. The summed E-state index contributed by atoms with van der Waals surface area (Å²) < 4.78 is 5.55. The summed E-state index contributed by atoms with van der Waals surface area (Å²) in [7, 11) is 1.69. The number of benzene rings is 1. The van der Waals surface area contributed by atoms with Gasteiger partial charge in [0.15, 0.2) is 0 Å². The highest BCUT2D eigenvalue weighted by Crippen LogP contribution is 2.30. The lowest BCUT2D eigenvalue weighted by atomic mass is 9.90. The van der Waals surface area contributed by atoms with E-state index < -0.39 is 5.97 Å². The van der Waals surface area contributed by atoms with Crippen LogP contribution >= 0.6 is 11.6 Å². The lowest BCUT2D eigenvalue weighted by Crippen LogP contribution is -2.48. The van der Waals surface area contributed by atoms with E-state index in [1.165, 1.54) is 0 Å². The summed E-state index contributed by atoms with van der Waals surface area (Å²) >= 11 is 6.03. The minimum absolute atomic E-state index is 0.0368. The Bertz CT molecular complexity index is 466. The van der Waals surface area contributed by atoms with Crippen LogP contribution in [0.2, 0.25) is 5.02 Å². The fraction of sp³-hybridized carbons (Fsp3) is 0.533. The van der Waals surface area contributed by atoms with E-state index in [1.807, 2.05) is 23.1 Å². The largest absolute Gasteiger partial charge is 0.480 e. The SMILES string of the molecule is COC1CCCCC1N(CC(=O)O)c1cccc(Cl)c1. The molecule has 1 aromatic rings. The summed E-state index contributed by atoms with van der Waals surface area (Å²) in [5, 5.41) is 9.80. The Morgan fingerprint density at radius 1 is 1.45 bits per heavy atom. The van der Waals surface area contributed by atoms with Crippen LogP contribution in [-0.4, -0.2) is 36.9 Å². The van der Waals surface area contributed by atoms with E-state index in [9.17, 15) is 9.90 Å². The molecule has 4 nitrogen and oxygen atoms in total. The van der Waals surface area contributed by atoms with Gasteiger partial charge in [0.25, 0.3) is 0 Å². The highest BCUT2D eigenvalue weighted by atomic mass is 35.5. The Balaban J connectivity index is 2.28. The van der Waals surface area contributed by atoms with E-state index in [0.717, 1.165) is 31.4 Å². The van der Waals surface area contributed by atoms with Gasteiger partial charge in [-0.05, 0) is 31.0 Å². The topological polar surface area (TPSA) is 49.8 Å². The molecule has 0 bridgehead atoms. The maximum absolute atomic E-state index is 11.2. The molecule has 0 spiro atoms. The van der Waals surface area contributed by atoms with Gasteiger partial charge >= 0.3 is 5.97 Å². The summed E-state index contributed by atoms with van der Waals surface area (Å²) in [6.45, 7) is -0.0368. The van der Waals surface area contributed by atoms with Crippen LogP contribution in [0.15, 0.2) is 24.3 Å². The third-order valence-corrected chi connectivity index (χ3v) is 4.05. The van der Waals surface area contributed by atoms with Crippen LogP contribution in [-0.2, 0) is 9.53 Å². The van der Waals surface area contributed by atoms with Crippen LogP contribution in [0.5, 0.6) is 0 Å². The molecular weight excluding hydrogens is 278 g/mol. The molecule has 1 N–H and O–H groups in total. The first-order chi connectivity index (χ1) is 9.61. The first-order valence-electron chi connectivity index (χ1n) is 6.88. The third-order valence-electron chi connectivity index (χ3n) is 3.82. The molecule has 0 aromatic heterocycles. The van der Waals surface area contributed by atoms with Gasteiger partial charge in [0.1, 0.15) is 6.54 Å². The van der Waals surface area contributed by atoms with Crippen molar-refractivity contribution in [2.24, 2.45) is 0 Å². The van der Waals surface area contributed by atoms with E-state index >= 15 is 0 Å². The number of hydrogen-bond acceptors (Lipinski definition) is 3. The Morgan fingerprint density at radius 3 is 2.85 bits per heavy atom. The van der Waals surface area contributed by atoms with E-state index in [2.05, 4.69) is 0 Å². The molecule has 1 aliphatic rings. The second-order valence-electron chi connectivity index (χ2n) is 5.13. The smallest absolute Gasteiger partial charge is 0.323 e. The molecule has 110 valence electrons. The Labute approximate surface area is 124 Å². The van der Waals surface area contributed by atoms with Crippen LogP contribution < -0.4 is 4.90 Å². The van der Waals surface area contributed by atoms with Crippen LogP contribution in [0.3, 0.4) is 0 Å². The van der Waals surface area contributed by atoms with Gasteiger partial charge in [-0.15, -0.1) is 0 Å². The van der Waals surface area contributed by atoms with Crippen LogP contribution in [0, 0.1) is 0 Å². The van der Waals surface area contributed by atoms with Gasteiger partial charge in [0.05, 0.1) is 12.1 Å².